The fourth-order valence-corrected chi connectivity index (χ4v) is 3.24. The third-order valence-electron chi connectivity index (χ3n) is 3.46. The SMILES string of the molecule is Cc1cc(CCN)cnc1Sc1ccc2ccccc2c1. The molecule has 0 saturated carbocycles. The Morgan fingerprint density at radius 2 is 1.86 bits per heavy atom. The summed E-state index contributed by atoms with van der Waals surface area (Å²) in [4.78, 5) is 5.80. The minimum atomic E-state index is 0.665. The zero-order chi connectivity index (χ0) is 14.7. The summed E-state index contributed by atoms with van der Waals surface area (Å²) in [5.41, 5.74) is 8.01. The second-order valence-electron chi connectivity index (χ2n) is 5.12. The van der Waals surface area contributed by atoms with Crippen molar-refractivity contribution in [1.82, 2.24) is 4.98 Å². The summed E-state index contributed by atoms with van der Waals surface area (Å²) in [5.74, 6) is 0. The van der Waals surface area contributed by atoms with Crippen molar-refractivity contribution < 1.29 is 0 Å². The van der Waals surface area contributed by atoms with Crippen molar-refractivity contribution >= 4 is 22.5 Å². The van der Waals surface area contributed by atoms with Crippen LogP contribution in [0.3, 0.4) is 0 Å². The molecule has 0 amide bonds. The molecule has 0 aliphatic heterocycles. The minimum absolute atomic E-state index is 0.665. The first-order chi connectivity index (χ1) is 10.3. The summed E-state index contributed by atoms with van der Waals surface area (Å²) < 4.78 is 0. The molecule has 3 rings (SSSR count). The van der Waals surface area contributed by atoms with E-state index in [1.54, 1.807) is 11.8 Å². The monoisotopic (exact) mass is 294 g/mol. The summed E-state index contributed by atoms with van der Waals surface area (Å²) >= 11 is 1.71. The molecule has 0 atom stereocenters. The first-order valence-electron chi connectivity index (χ1n) is 7.08. The van der Waals surface area contributed by atoms with Crippen molar-refractivity contribution in [2.75, 3.05) is 6.54 Å². The maximum atomic E-state index is 5.59. The predicted octanol–water partition coefficient (Wildman–Crippen LogP) is 4.20. The van der Waals surface area contributed by atoms with Crippen LogP contribution in [0.25, 0.3) is 10.8 Å². The molecule has 1 aromatic heterocycles. The summed E-state index contributed by atoms with van der Waals surface area (Å²) in [6.45, 7) is 2.77. The van der Waals surface area contributed by atoms with E-state index in [0.29, 0.717) is 6.54 Å². The van der Waals surface area contributed by atoms with E-state index in [2.05, 4.69) is 60.4 Å². The Hall–Kier alpha value is -1.84. The van der Waals surface area contributed by atoms with Crippen LogP contribution < -0.4 is 5.73 Å². The van der Waals surface area contributed by atoms with Crippen molar-refractivity contribution in [1.29, 1.82) is 0 Å². The molecule has 21 heavy (non-hydrogen) atoms. The molecule has 0 radical (unpaired) electrons. The third kappa shape index (κ3) is 3.26. The van der Waals surface area contributed by atoms with E-state index in [9.17, 15) is 0 Å². The highest BCUT2D eigenvalue weighted by Gasteiger charge is 2.05. The van der Waals surface area contributed by atoms with Gasteiger partial charge in [-0.3, -0.25) is 0 Å². The molecule has 3 heteroatoms. The zero-order valence-electron chi connectivity index (χ0n) is 12.0. The Balaban J connectivity index is 1.87. The van der Waals surface area contributed by atoms with Crippen LogP contribution in [-0.2, 0) is 6.42 Å². The lowest BCUT2D eigenvalue weighted by Gasteiger charge is -2.08. The molecule has 0 aliphatic rings. The van der Waals surface area contributed by atoms with E-state index in [1.807, 2.05) is 6.20 Å². The Kier molecular flexibility index (Phi) is 4.23. The second-order valence-corrected chi connectivity index (χ2v) is 6.18. The van der Waals surface area contributed by atoms with Gasteiger partial charge < -0.3 is 5.73 Å². The van der Waals surface area contributed by atoms with Crippen molar-refractivity contribution in [3.63, 3.8) is 0 Å². The molecule has 2 nitrogen and oxygen atoms in total. The van der Waals surface area contributed by atoms with Crippen LogP contribution in [-0.4, -0.2) is 11.5 Å². The molecule has 3 aromatic rings. The summed E-state index contributed by atoms with van der Waals surface area (Å²) in [7, 11) is 0. The molecule has 0 fully saturated rings. The maximum absolute atomic E-state index is 5.59. The average molecular weight is 294 g/mol. The predicted molar refractivity (Wildman–Crippen MR) is 89.8 cm³/mol. The Morgan fingerprint density at radius 3 is 2.62 bits per heavy atom. The van der Waals surface area contributed by atoms with Gasteiger partial charge in [0.05, 0.1) is 0 Å². The van der Waals surface area contributed by atoms with E-state index >= 15 is 0 Å². The van der Waals surface area contributed by atoms with Crippen molar-refractivity contribution in [3.05, 3.63) is 65.9 Å². The van der Waals surface area contributed by atoms with Gasteiger partial charge in [0, 0.05) is 11.1 Å². The third-order valence-corrected chi connectivity index (χ3v) is 4.57. The van der Waals surface area contributed by atoms with Crippen molar-refractivity contribution in [3.8, 4) is 0 Å². The highest BCUT2D eigenvalue weighted by atomic mass is 32.2. The Bertz CT molecular complexity index is 768. The number of aromatic nitrogens is 1. The second kappa shape index (κ2) is 6.29. The van der Waals surface area contributed by atoms with Crippen LogP contribution in [0.4, 0.5) is 0 Å². The molecule has 1 heterocycles. The molecular weight excluding hydrogens is 276 g/mol. The summed E-state index contributed by atoms with van der Waals surface area (Å²) in [6, 6.07) is 17.1. The molecule has 0 saturated heterocycles. The first-order valence-corrected chi connectivity index (χ1v) is 7.90. The molecule has 0 aliphatic carbocycles. The van der Waals surface area contributed by atoms with E-state index in [4.69, 9.17) is 5.73 Å². The van der Waals surface area contributed by atoms with Gasteiger partial charge in [0.1, 0.15) is 5.03 Å². The minimum Gasteiger partial charge on any atom is -0.330 e. The van der Waals surface area contributed by atoms with Crippen LogP contribution >= 0.6 is 11.8 Å². The number of hydrogen-bond acceptors (Lipinski definition) is 3. The number of nitrogens with zero attached hydrogens (tertiary/aromatic N) is 1. The number of aryl methyl sites for hydroxylation is 1. The molecule has 0 unspecified atom stereocenters. The van der Waals surface area contributed by atoms with Crippen LogP contribution in [0.1, 0.15) is 11.1 Å². The smallest absolute Gasteiger partial charge is 0.104 e. The fourth-order valence-electron chi connectivity index (χ4n) is 2.37. The highest BCUT2D eigenvalue weighted by molar-refractivity contribution is 7.99. The number of rotatable bonds is 4. The van der Waals surface area contributed by atoms with Crippen molar-refractivity contribution in [2.24, 2.45) is 5.73 Å². The van der Waals surface area contributed by atoms with Gasteiger partial charge in [0.15, 0.2) is 0 Å². The molecule has 2 N–H and O–H groups in total. The maximum Gasteiger partial charge on any atom is 0.104 e. The van der Waals surface area contributed by atoms with Crippen LogP contribution in [0, 0.1) is 6.92 Å². The number of benzene rings is 2. The van der Waals surface area contributed by atoms with E-state index < -0.39 is 0 Å². The van der Waals surface area contributed by atoms with E-state index in [0.717, 1.165) is 11.4 Å². The van der Waals surface area contributed by atoms with Crippen LogP contribution in [0.2, 0.25) is 0 Å². The largest absolute Gasteiger partial charge is 0.330 e. The topological polar surface area (TPSA) is 38.9 Å². The molecular formula is C18H18N2S. The summed E-state index contributed by atoms with van der Waals surface area (Å²) in [6.07, 6.45) is 2.82. The van der Waals surface area contributed by atoms with Gasteiger partial charge in [-0.1, -0.05) is 48.2 Å². The normalized spacial score (nSPS) is 11.0. The van der Waals surface area contributed by atoms with E-state index in [1.165, 1.54) is 26.8 Å². The fraction of sp³-hybridized carbons (Fsp3) is 0.167. The van der Waals surface area contributed by atoms with Crippen LogP contribution in [0.5, 0.6) is 0 Å². The Labute approximate surface area is 129 Å². The van der Waals surface area contributed by atoms with Gasteiger partial charge in [-0.25, -0.2) is 4.98 Å². The average Bonchev–Trinajstić information content (AvgIpc) is 2.50. The molecule has 2 aromatic carbocycles. The molecule has 106 valence electrons. The molecule has 0 bridgehead atoms. The summed E-state index contributed by atoms with van der Waals surface area (Å²) in [5, 5.41) is 3.59. The van der Waals surface area contributed by atoms with Crippen LogP contribution in [0.15, 0.2) is 64.6 Å². The van der Waals surface area contributed by atoms with Gasteiger partial charge in [-0.2, -0.15) is 0 Å². The van der Waals surface area contributed by atoms with Gasteiger partial charge in [-0.15, -0.1) is 0 Å². The zero-order valence-corrected chi connectivity index (χ0v) is 12.9. The van der Waals surface area contributed by atoms with Gasteiger partial charge >= 0.3 is 0 Å². The van der Waals surface area contributed by atoms with Gasteiger partial charge in [0.2, 0.25) is 0 Å². The molecule has 0 spiro atoms. The van der Waals surface area contributed by atoms with Crippen molar-refractivity contribution in [2.45, 2.75) is 23.3 Å². The van der Waals surface area contributed by atoms with Gasteiger partial charge in [-0.05, 0) is 53.9 Å². The lowest BCUT2D eigenvalue weighted by Crippen LogP contribution is -2.03. The first kappa shape index (κ1) is 14.1. The highest BCUT2D eigenvalue weighted by Crippen LogP contribution is 2.31. The number of fused-ring (bicyclic) bond motifs is 1. The Morgan fingerprint density at radius 1 is 1.05 bits per heavy atom. The number of pyridine rings is 1. The van der Waals surface area contributed by atoms with Gasteiger partial charge in [0.25, 0.3) is 0 Å². The standard InChI is InChI=1S/C18H18N2S/c1-13-10-14(8-9-19)12-20-18(13)21-17-7-6-15-4-2-3-5-16(15)11-17/h2-7,10-12H,8-9,19H2,1H3. The lowest BCUT2D eigenvalue weighted by atomic mass is 10.1. The number of nitrogens with two attached hydrogens (primary N) is 1. The quantitative estimate of drug-likeness (QED) is 0.784. The number of hydrogen-bond donors (Lipinski definition) is 1. The lowest BCUT2D eigenvalue weighted by molar-refractivity contribution is 0.936. The van der Waals surface area contributed by atoms with E-state index in [-0.39, 0.29) is 0 Å².